The van der Waals surface area contributed by atoms with E-state index in [0.717, 1.165) is 12.8 Å². The summed E-state index contributed by atoms with van der Waals surface area (Å²) in [5.41, 5.74) is 0. The summed E-state index contributed by atoms with van der Waals surface area (Å²) >= 11 is 0. The van der Waals surface area contributed by atoms with Gasteiger partial charge in [-0.25, -0.2) is 0 Å². The third kappa shape index (κ3) is 4.62. The zero-order chi connectivity index (χ0) is 11.4. The van der Waals surface area contributed by atoms with Crippen molar-refractivity contribution in [3.63, 3.8) is 0 Å². The molecule has 88 valence electrons. The van der Waals surface area contributed by atoms with Crippen molar-refractivity contribution in [1.82, 2.24) is 5.32 Å². The van der Waals surface area contributed by atoms with Crippen LogP contribution in [0.5, 0.6) is 0 Å². The van der Waals surface area contributed by atoms with Gasteiger partial charge in [-0.2, -0.15) is 0 Å². The van der Waals surface area contributed by atoms with Crippen LogP contribution in [0.2, 0.25) is 0 Å². The molecule has 3 N–H and O–H groups in total. The Kier molecular flexibility index (Phi) is 4.54. The van der Waals surface area contributed by atoms with Gasteiger partial charge in [0.2, 0.25) is 0 Å². The SMILES string of the molecule is CC(C)CC(O)CNC(C(=O)O)C1CC1. The molecule has 0 aromatic carbocycles. The summed E-state index contributed by atoms with van der Waals surface area (Å²) < 4.78 is 0. The number of hydrogen-bond donors (Lipinski definition) is 3. The summed E-state index contributed by atoms with van der Waals surface area (Å²) in [7, 11) is 0. The Morgan fingerprint density at radius 1 is 1.47 bits per heavy atom. The quantitative estimate of drug-likeness (QED) is 0.589. The molecule has 1 saturated carbocycles. The van der Waals surface area contributed by atoms with E-state index in [0.29, 0.717) is 18.9 Å². The highest BCUT2D eigenvalue weighted by Crippen LogP contribution is 2.32. The van der Waals surface area contributed by atoms with Crippen molar-refractivity contribution in [2.75, 3.05) is 6.54 Å². The summed E-state index contributed by atoms with van der Waals surface area (Å²) in [6, 6.07) is -0.466. The molecular formula is C11H21NO3. The summed E-state index contributed by atoms with van der Waals surface area (Å²) in [5.74, 6) is -0.0889. The predicted molar refractivity (Wildman–Crippen MR) is 57.6 cm³/mol. The number of carboxylic acid groups (broad SMARTS) is 1. The highest BCUT2D eigenvalue weighted by atomic mass is 16.4. The zero-order valence-corrected chi connectivity index (χ0v) is 9.44. The molecule has 1 fully saturated rings. The van der Waals surface area contributed by atoms with E-state index in [2.05, 4.69) is 5.32 Å². The lowest BCUT2D eigenvalue weighted by Gasteiger charge is -2.18. The number of rotatable bonds is 7. The average molecular weight is 215 g/mol. The molecule has 0 aromatic heterocycles. The van der Waals surface area contributed by atoms with Crippen LogP contribution in [0, 0.1) is 11.8 Å². The molecule has 0 saturated heterocycles. The van der Waals surface area contributed by atoms with Gasteiger partial charge in [-0.05, 0) is 31.1 Å². The molecule has 1 aliphatic carbocycles. The Labute approximate surface area is 90.7 Å². The maximum atomic E-state index is 10.9. The number of carboxylic acids is 1. The van der Waals surface area contributed by atoms with E-state index < -0.39 is 18.1 Å². The molecule has 0 aliphatic heterocycles. The molecule has 15 heavy (non-hydrogen) atoms. The van der Waals surface area contributed by atoms with Crippen LogP contribution >= 0.6 is 0 Å². The van der Waals surface area contributed by atoms with Crippen LogP contribution in [0.4, 0.5) is 0 Å². The Bertz CT molecular complexity index is 214. The Morgan fingerprint density at radius 3 is 2.47 bits per heavy atom. The maximum Gasteiger partial charge on any atom is 0.320 e. The van der Waals surface area contributed by atoms with Crippen molar-refractivity contribution in [2.45, 2.75) is 45.3 Å². The van der Waals surface area contributed by atoms with Crippen LogP contribution in [-0.2, 0) is 4.79 Å². The first-order valence-corrected chi connectivity index (χ1v) is 5.65. The first-order chi connectivity index (χ1) is 7.00. The van der Waals surface area contributed by atoms with Crippen molar-refractivity contribution in [2.24, 2.45) is 11.8 Å². The molecule has 2 unspecified atom stereocenters. The molecule has 4 nitrogen and oxygen atoms in total. The molecule has 0 spiro atoms. The summed E-state index contributed by atoms with van der Waals surface area (Å²) in [4.78, 5) is 10.9. The first-order valence-electron chi connectivity index (χ1n) is 5.65. The Morgan fingerprint density at radius 2 is 2.07 bits per heavy atom. The van der Waals surface area contributed by atoms with Gasteiger partial charge in [0.25, 0.3) is 0 Å². The smallest absolute Gasteiger partial charge is 0.320 e. The maximum absolute atomic E-state index is 10.9. The Hall–Kier alpha value is -0.610. The van der Waals surface area contributed by atoms with Gasteiger partial charge in [0.15, 0.2) is 0 Å². The number of aliphatic carboxylic acids is 1. The standard InChI is InChI=1S/C11H21NO3/c1-7(2)5-9(13)6-12-10(11(14)15)8-3-4-8/h7-10,12-13H,3-6H2,1-2H3,(H,14,15). The van der Waals surface area contributed by atoms with Crippen molar-refractivity contribution < 1.29 is 15.0 Å². The van der Waals surface area contributed by atoms with Crippen LogP contribution < -0.4 is 5.32 Å². The number of nitrogens with one attached hydrogen (secondary N) is 1. The minimum Gasteiger partial charge on any atom is -0.480 e. The molecule has 0 heterocycles. The van der Waals surface area contributed by atoms with E-state index in [1.165, 1.54) is 0 Å². The van der Waals surface area contributed by atoms with Crippen LogP contribution in [0.25, 0.3) is 0 Å². The molecule has 4 heteroatoms. The molecule has 0 radical (unpaired) electrons. The van der Waals surface area contributed by atoms with Crippen molar-refractivity contribution >= 4 is 5.97 Å². The van der Waals surface area contributed by atoms with Crippen molar-refractivity contribution in [3.8, 4) is 0 Å². The average Bonchev–Trinajstić information content (AvgIpc) is 2.86. The van der Waals surface area contributed by atoms with E-state index in [4.69, 9.17) is 5.11 Å². The third-order valence-corrected chi connectivity index (χ3v) is 2.68. The van der Waals surface area contributed by atoms with Crippen LogP contribution in [-0.4, -0.2) is 34.9 Å². The summed E-state index contributed by atoms with van der Waals surface area (Å²) in [6.45, 7) is 4.46. The van der Waals surface area contributed by atoms with Gasteiger partial charge in [-0.3, -0.25) is 4.79 Å². The number of aliphatic hydroxyl groups excluding tert-OH is 1. The number of aliphatic hydroxyl groups is 1. The summed E-state index contributed by atoms with van der Waals surface area (Å²) in [6.07, 6.45) is 2.25. The van der Waals surface area contributed by atoms with E-state index in [1.54, 1.807) is 0 Å². The lowest BCUT2D eigenvalue weighted by molar-refractivity contribution is -0.140. The minimum atomic E-state index is -0.797. The summed E-state index contributed by atoms with van der Waals surface area (Å²) in [5, 5.41) is 21.5. The van der Waals surface area contributed by atoms with Gasteiger partial charge >= 0.3 is 5.97 Å². The lowest BCUT2D eigenvalue weighted by Crippen LogP contribution is -2.42. The van der Waals surface area contributed by atoms with Crippen LogP contribution in [0.15, 0.2) is 0 Å². The van der Waals surface area contributed by atoms with Gasteiger partial charge in [0.05, 0.1) is 6.10 Å². The van der Waals surface area contributed by atoms with Crippen molar-refractivity contribution in [3.05, 3.63) is 0 Å². The van der Waals surface area contributed by atoms with Crippen LogP contribution in [0.3, 0.4) is 0 Å². The van der Waals surface area contributed by atoms with Gasteiger partial charge in [0.1, 0.15) is 6.04 Å². The molecule has 1 aliphatic rings. The fourth-order valence-electron chi connectivity index (χ4n) is 1.78. The molecule has 2 atom stereocenters. The van der Waals surface area contributed by atoms with Gasteiger partial charge < -0.3 is 15.5 Å². The highest BCUT2D eigenvalue weighted by Gasteiger charge is 2.35. The topological polar surface area (TPSA) is 69.6 Å². The van der Waals surface area contributed by atoms with Gasteiger partial charge in [-0.15, -0.1) is 0 Å². The highest BCUT2D eigenvalue weighted by molar-refractivity contribution is 5.74. The second kappa shape index (κ2) is 5.47. The lowest BCUT2D eigenvalue weighted by atomic mass is 10.1. The molecule has 0 aromatic rings. The van der Waals surface area contributed by atoms with Gasteiger partial charge in [0, 0.05) is 6.54 Å². The minimum absolute atomic E-state index is 0.272. The number of hydrogen-bond acceptors (Lipinski definition) is 3. The van der Waals surface area contributed by atoms with Gasteiger partial charge in [-0.1, -0.05) is 13.8 Å². The Balaban J connectivity index is 2.24. The van der Waals surface area contributed by atoms with Crippen LogP contribution in [0.1, 0.15) is 33.1 Å². The second-order valence-corrected chi connectivity index (χ2v) is 4.84. The number of carbonyl (C=O) groups is 1. The molecule has 1 rings (SSSR count). The van der Waals surface area contributed by atoms with E-state index in [1.807, 2.05) is 13.8 Å². The van der Waals surface area contributed by atoms with E-state index in [-0.39, 0.29) is 5.92 Å². The molecule has 0 bridgehead atoms. The largest absolute Gasteiger partial charge is 0.480 e. The van der Waals surface area contributed by atoms with Crippen molar-refractivity contribution in [1.29, 1.82) is 0 Å². The van der Waals surface area contributed by atoms with E-state index >= 15 is 0 Å². The second-order valence-electron chi connectivity index (χ2n) is 4.84. The normalized spacial score (nSPS) is 20.3. The van der Waals surface area contributed by atoms with E-state index in [9.17, 15) is 9.90 Å². The monoisotopic (exact) mass is 215 g/mol. The third-order valence-electron chi connectivity index (χ3n) is 2.68. The fraction of sp³-hybridized carbons (Fsp3) is 0.909. The first kappa shape index (κ1) is 12.5. The molecule has 0 amide bonds. The zero-order valence-electron chi connectivity index (χ0n) is 9.44. The fourth-order valence-corrected chi connectivity index (χ4v) is 1.78. The predicted octanol–water partition coefficient (Wildman–Crippen LogP) is 0.846. The molecular weight excluding hydrogens is 194 g/mol.